The molecule has 7 nitrogen and oxygen atoms in total. The molecule has 7 rings (SSSR count). The third-order valence-electron chi connectivity index (χ3n) is 9.18. The molecular weight excluding hydrogens is 550 g/mol. The van der Waals surface area contributed by atoms with Crippen molar-refractivity contribution < 1.29 is 27.4 Å². The van der Waals surface area contributed by atoms with Gasteiger partial charge in [-0.1, -0.05) is 6.07 Å². The molecule has 0 saturated carbocycles. The van der Waals surface area contributed by atoms with Crippen molar-refractivity contribution in [3.05, 3.63) is 53.6 Å². The van der Waals surface area contributed by atoms with Crippen LogP contribution in [0.3, 0.4) is 0 Å². The Kier molecular flexibility index (Phi) is 6.69. The fraction of sp³-hybridized carbons (Fsp3) is 0.452. The van der Waals surface area contributed by atoms with Gasteiger partial charge in [0.25, 0.3) is 0 Å². The van der Waals surface area contributed by atoms with Gasteiger partial charge in [0, 0.05) is 47.5 Å². The second-order valence-electron chi connectivity index (χ2n) is 12.0. The topological polar surface area (TPSA) is 83.4 Å². The lowest BCUT2D eigenvalue weighted by molar-refractivity contribution is 0.107. The molecule has 220 valence electrons. The van der Waals surface area contributed by atoms with E-state index in [0.717, 1.165) is 50.9 Å². The van der Waals surface area contributed by atoms with Crippen molar-refractivity contribution in [2.24, 2.45) is 0 Å². The summed E-state index contributed by atoms with van der Waals surface area (Å²) in [6.45, 7) is 4.20. The van der Waals surface area contributed by atoms with E-state index in [2.05, 4.69) is 27.1 Å². The Hall–Kier alpha value is -3.57. The normalized spacial score (nSPS) is 26.3. The number of aromatic hydroxyl groups is 1. The summed E-state index contributed by atoms with van der Waals surface area (Å²) in [6, 6.07) is 4.92. The molecule has 0 aliphatic carbocycles. The molecule has 3 saturated heterocycles. The van der Waals surface area contributed by atoms with E-state index in [1.165, 1.54) is 18.3 Å². The summed E-state index contributed by atoms with van der Waals surface area (Å²) < 4.78 is 66.3. The van der Waals surface area contributed by atoms with Gasteiger partial charge < -0.3 is 15.2 Å². The summed E-state index contributed by atoms with van der Waals surface area (Å²) in [6.07, 6.45) is 4.18. The number of ether oxygens (including phenoxy) is 1. The van der Waals surface area contributed by atoms with Crippen LogP contribution in [0.2, 0.25) is 0 Å². The van der Waals surface area contributed by atoms with Gasteiger partial charge in [0.2, 0.25) is 0 Å². The highest BCUT2D eigenvalue weighted by Crippen LogP contribution is 2.42. The van der Waals surface area contributed by atoms with E-state index in [4.69, 9.17) is 9.72 Å². The number of pyridine rings is 1. The Morgan fingerprint density at radius 1 is 1.17 bits per heavy atom. The number of nitrogens with zero attached hydrogens (tertiary/aromatic N) is 4. The molecule has 2 N–H and O–H groups in total. The van der Waals surface area contributed by atoms with Gasteiger partial charge in [0.1, 0.15) is 29.7 Å². The number of rotatable bonds is 5. The van der Waals surface area contributed by atoms with Crippen molar-refractivity contribution >= 4 is 21.7 Å². The van der Waals surface area contributed by atoms with Gasteiger partial charge in [-0.15, -0.1) is 0 Å². The van der Waals surface area contributed by atoms with Crippen LogP contribution in [0, 0.1) is 17.5 Å². The molecule has 42 heavy (non-hydrogen) atoms. The predicted molar refractivity (Wildman–Crippen MR) is 150 cm³/mol. The van der Waals surface area contributed by atoms with E-state index in [0.29, 0.717) is 24.0 Å². The largest absolute Gasteiger partial charge is 0.508 e. The van der Waals surface area contributed by atoms with E-state index in [1.54, 1.807) is 0 Å². The first-order valence-corrected chi connectivity index (χ1v) is 14.4. The van der Waals surface area contributed by atoms with Crippen molar-refractivity contribution in [3.8, 4) is 23.0 Å². The highest BCUT2D eigenvalue weighted by atomic mass is 19.2. The molecule has 3 aliphatic rings. The van der Waals surface area contributed by atoms with Crippen molar-refractivity contribution in [2.75, 3.05) is 26.2 Å². The highest BCUT2D eigenvalue weighted by Gasteiger charge is 2.49. The Bertz CT molecular complexity index is 1700. The molecule has 3 aliphatic heterocycles. The average Bonchev–Trinajstić information content (AvgIpc) is 3.49. The lowest BCUT2D eigenvalue weighted by Crippen LogP contribution is -2.43. The summed E-state index contributed by atoms with van der Waals surface area (Å²) in [5.74, 6) is -3.38. The van der Waals surface area contributed by atoms with Crippen molar-refractivity contribution in [3.63, 3.8) is 0 Å². The smallest absolute Gasteiger partial charge is 0.317 e. The van der Waals surface area contributed by atoms with Crippen LogP contribution in [0.5, 0.6) is 11.8 Å². The number of halogens is 4. The molecule has 0 spiro atoms. The summed E-state index contributed by atoms with van der Waals surface area (Å²) in [5.41, 5.74) is -0.269. The van der Waals surface area contributed by atoms with Crippen LogP contribution in [-0.2, 0) is 0 Å². The molecule has 4 atom stereocenters. The third kappa shape index (κ3) is 4.53. The predicted octanol–water partition coefficient (Wildman–Crippen LogP) is 5.78. The zero-order valence-corrected chi connectivity index (χ0v) is 23.1. The summed E-state index contributed by atoms with van der Waals surface area (Å²) in [7, 11) is 0. The highest BCUT2D eigenvalue weighted by molar-refractivity contribution is 5.99. The second-order valence-corrected chi connectivity index (χ2v) is 12.0. The molecule has 11 heteroatoms. The third-order valence-corrected chi connectivity index (χ3v) is 9.18. The standard InChI is InChI=1S/C31H31F4N5O2/c1-16-9-18(5-7-36-16)27-22-13-37-28(21-11-20(41)10-17-3-4-23(33)25(34)24(17)21)26(35)29(22)39-30(38-27)42-15-31-6-2-8-40(31)14-19(32)12-31/h3-4,10-11,13,16,18-19,36,41H,2,5-9,12,14-15H2,1H3/t16-,18?,19+,31-/m0/s1. The summed E-state index contributed by atoms with van der Waals surface area (Å²) in [4.78, 5) is 15.7. The Morgan fingerprint density at radius 2 is 2.02 bits per heavy atom. The Morgan fingerprint density at radius 3 is 2.86 bits per heavy atom. The molecule has 1 unspecified atom stereocenters. The van der Waals surface area contributed by atoms with Gasteiger partial charge in [-0.2, -0.15) is 9.97 Å². The molecule has 4 aromatic rings. The minimum absolute atomic E-state index is 0.0127. The number of piperidine rings is 1. The molecule has 0 radical (unpaired) electrons. The number of alkyl halides is 1. The average molecular weight is 582 g/mol. The molecule has 2 aromatic heterocycles. The lowest BCUT2D eigenvalue weighted by atomic mass is 9.88. The van der Waals surface area contributed by atoms with Gasteiger partial charge in [0.15, 0.2) is 17.5 Å². The molecule has 0 bridgehead atoms. The Balaban J connectivity index is 1.37. The molecule has 2 aromatic carbocycles. The first-order valence-electron chi connectivity index (χ1n) is 14.4. The maximum atomic E-state index is 16.5. The van der Waals surface area contributed by atoms with Gasteiger partial charge in [0.05, 0.1) is 11.2 Å². The number of nitrogens with one attached hydrogen (secondary N) is 1. The first-order chi connectivity index (χ1) is 20.2. The number of hydrogen-bond acceptors (Lipinski definition) is 7. The SMILES string of the molecule is C[C@H]1CC(c2nc(OC[C@@]34CCCN3C[C@H](F)C4)nc3c(F)c(-c4cc(O)cc5ccc(F)c(F)c45)ncc23)CCN1. The van der Waals surface area contributed by atoms with Gasteiger partial charge in [-0.3, -0.25) is 9.88 Å². The van der Waals surface area contributed by atoms with Crippen molar-refractivity contribution in [1.29, 1.82) is 0 Å². The van der Waals surface area contributed by atoms with E-state index < -0.39 is 29.2 Å². The van der Waals surface area contributed by atoms with Crippen LogP contribution in [0.15, 0.2) is 30.5 Å². The fourth-order valence-corrected chi connectivity index (χ4v) is 7.22. The Labute approximate surface area is 239 Å². The minimum Gasteiger partial charge on any atom is -0.508 e. The quantitative estimate of drug-likeness (QED) is 0.289. The van der Waals surface area contributed by atoms with Crippen LogP contribution in [0.25, 0.3) is 32.9 Å². The van der Waals surface area contributed by atoms with Crippen LogP contribution in [0.1, 0.15) is 50.6 Å². The number of aromatic nitrogens is 3. The van der Waals surface area contributed by atoms with E-state index in [9.17, 15) is 13.9 Å². The van der Waals surface area contributed by atoms with Crippen molar-refractivity contribution in [1.82, 2.24) is 25.2 Å². The number of hydrogen-bond donors (Lipinski definition) is 2. The second kappa shape index (κ2) is 10.3. The van der Waals surface area contributed by atoms with Crippen molar-refractivity contribution in [2.45, 2.75) is 62.7 Å². The number of phenolic OH excluding ortho intramolecular Hbond substituents is 1. The zero-order chi connectivity index (χ0) is 29.2. The molecule has 3 fully saturated rings. The number of phenols is 1. The lowest BCUT2D eigenvalue weighted by Gasteiger charge is -2.31. The number of fused-ring (bicyclic) bond motifs is 3. The molecule has 5 heterocycles. The first kappa shape index (κ1) is 27.3. The van der Waals surface area contributed by atoms with E-state index in [1.807, 2.05) is 0 Å². The van der Waals surface area contributed by atoms with Crippen LogP contribution >= 0.6 is 0 Å². The number of benzene rings is 2. The maximum Gasteiger partial charge on any atom is 0.317 e. The van der Waals surface area contributed by atoms with Crippen LogP contribution in [0.4, 0.5) is 17.6 Å². The molecular formula is C31H31F4N5O2. The summed E-state index contributed by atoms with van der Waals surface area (Å²) in [5, 5.41) is 14.2. The zero-order valence-electron chi connectivity index (χ0n) is 23.1. The van der Waals surface area contributed by atoms with Crippen LogP contribution < -0.4 is 10.1 Å². The minimum atomic E-state index is -1.16. The monoisotopic (exact) mass is 581 g/mol. The van der Waals surface area contributed by atoms with E-state index in [-0.39, 0.29) is 57.9 Å². The maximum absolute atomic E-state index is 16.5. The van der Waals surface area contributed by atoms with Crippen LogP contribution in [-0.4, -0.2) is 69.0 Å². The molecule has 0 amide bonds. The van der Waals surface area contributed by atoms with Gasteiger partial charge >= 0.3 is 6.01 Å². The summed E-state index contributed by atoms with van der Waals surface area (Å²) >= 11 is 0. The van der Waals surface area contributed by atoms with E-state index >= 15 is 8.78 Å². The van der Waals surface area contributed by atoms with Gasteiger partial charge in [-0.05, 0) is 69.3 Å². The van der Waals surface area contributed by atoms with Gasteiger partial charge in [-0.25, -0.2) is 17.6 Å². The fourth-order valence-electron chi connectivity index (χ4n) is 7.22.